The molecule has 0 bridgehead atoms. The number of hydrogen-bond acceptors (Lipinski definition) is 3. The molecule has 0 fully saturated rings. The molecule has 1 aromatic heterocycles. The SMILES string of the molecule is C#CCC(N)C(=O)Cc1cc(C)nn1C. The molecular formula is C11H15N3O. The van der Waals surface area contributed by atoms with Crippen molar-refractivity contribution in [3.63, 3.8) is 0 Å². The first-order valence-electron chi connectivity index (χ1n) is 4.76. The standard InChI is InChI=1S/C11H15N3O/c1-4-5-10(12)11(15)7-9-6-8(2)13-14(9)3/h1,6,10H,5,7,12H2,2-3H3. The van der Waals surface area contributed by atoms with Crippen molar-refractivity contribution in [3.05, 3.63) is 17.5 Å². The van der Waals surface area contributed by atoms with Gasteiger partial charge in [0, 0.05) is 19.2 Å². The Bertz CT molecular complexity index is 400. The van der Waals surface area contributed by atoms with E-state index in [1.165, 1.54) is 0 Å². The van der Waals surface area contributed by atoms with Gasteiger partial charge in [0.2, 0.25) is 0 Å². The van der Waals surface area contributed by atoms with Gasteiger partial charge in [0.05, 0.1) is 18.2 Å². The number of terminal acetylenes is 1. The number of nitrogens with zero attached hydrogens (tertiary/aromatic N) is 2. The fourth-order valence-corrected chi connectivity index (χ4v) is 1.38. The number of Topliss-reactive ketones (excluding diaryl/α,β-unsaturated/α-hetero) is 1. The quantitative estimate of drug-likeness (QED) is 0.714. The Labute approximate surface area is 89.5 Å². The molecule has 15 heavy (non-hydrogen) atoms. The van der Waals surface area contributed by atoms with E-state index < -0.39 is 6.04 Å². The van der Waals surface area contributed by atoms with Crippen LogP contribution >= 0.6 is 0 Å². The molecule has 1 unspecified atom stereocenters. The lowest BCUT2D eigenvalue weighted by Crippen LogP contribution is -2.31. The van der Waals surface area contributed by atoms with Crippen LogP contribution in [0.2, 0.25) is 0 Å². The van der Waals surface area contributed by atoms with Crippen molar-refractivity contribution in [1.29, 1.82) is 0 Å². The minimum atomic E-state index is -0.565. The van der Waals surface area contributed by atoms with Crippen LogP contribution in [0, 0.1) is 19.3 Å². The van der Waals surface area contributed by atoms with Crippen molar-refractivity contribution >= 4 is 5.78 Å². The topological polar surface area (TPSA) is 60.9 Å². The van der Waals surface area contributed by atoms with Gasteiger partial charge in [-0.15, -0.1) is 12.3 Å². The Hall–Kier alpha value is -1.60. The van der Waals surface area contributed by atoms with Crippen LogP contribution in [0.4, 0.5) is 0 Å². The van der Waals surface area contributed by atoms with Gasteiger partial charge in [0.25, 0.3) is 0 Å². The van der Waals surface area contributed by atoms with E-state index in [-0.39, 0.29) is 12.2 Å². The molecule has 1 atom stereocenters. The molecule has 80 valence electrons. The van der Waals surface area contributed by atoms with Gasteiger partial charge < -0.3 is 5.73 Å². The van der Waals surface area contributed by atoms with Gasteiger partial charge in [-0.25, -0.2) is 0 Å². The van der Waals surface area contributed by atoms with Gasteiger partial charge in [-0.1, -0.05) is 0 Å². The third kappa shape index (κ3) is 2.93. The summed E-state index contributed by atoms with van der Waals surface area (Å²) in [6.07, 6.45) is 5.67. The number of aromatic nitrogens is 2. The largest absolute Gasteiger partial charge is 0.321 e. The predicted octanol–water partition coefficient (Wildman–Crippen LogP) is 0.191. The molecule has 0 aliphatic rings. The van der Waals surface area contributed by atoms with Gasteiger partial charge >= 0.3 is 0 Å². The smallest absolute Gasteiger partial charge is 0.156 e. The number of carbonyl (C=O) groups is 1. The van der Waals surface area contributed by atoms with E-state index in [2.05, 4.69) is 11.0 Å². The summed E-state index contributed by atoms with van der Waals surface area (Å²) >= 11 is 0. The summed E-state index contributed by atoms with van der Waals surface area (Å²) in [7, 11) is 1.81. The normalized spacial score (nSPS) is 12.1. The van der Waals surface area contributed by atoms with Crippen LogP contribution in [0.5, 0.6) is 0 Å². The van der Waals surface area contributed by atoms with Crippen LogP contribution in [0.25, 0.3) is 0 Å². The van der Waals surface area contributed by atoms with Crippen molar-refractivity contribution in [2.45, 2.75) is 25.8 Å². The Balaban J connectivity index is 2.67. The lowest BCUT2D eigenvalue weighted by molar-refractivity contribution is -0.119. The molecule has 1 rings (SSSR count). The first-order chi connectivity index (χ1) is 7.04. The third-order valence-corrected chi connectivity index (χ3v) is 2.21. The van der Waals surface area contributed by atoms with E-state index in [1.54, 1.807) is 4.68 Å². The van der Waals surface area contributed by atoms with Crippen molar-refractivity contribution in [3.8, 4) is 12.3 Å². The van der Waals surface area contributed by atoms with Gasteiger partial charge in [-0.05, 0) is 13.0 Å². The Morgan fingerprint density at radius 1 is 1.80 bits per heavy atom. The summed E-state index contributed by atoms with van der Waals surface area (Å²) in [6, 6.07) is 1.31. The molecule has 0 aliphatic heterocycles. The van der Waals surface area contributed by atoms with Crippen LogP contribution in [0.1, 0.15) is 17.8 Å². The summed E-state index contributed by atoms with van der Waals surface area (Å²) in [4.78, 5) is 11.6. The summed E-state index contributed by atoms with van der Waals surface area (Å²) in [5, 5.41) is 4.15. The number of carbonyl (C=O) groups excluding carboxylic acids is 1. The predicted molar refractivity (Wildman–Crippen MR) is 58.1 cm³/mol. The highest BCUT2D eigenvalue weighted by atomic mass is 16.1. The molecule has 0 amide bonds. The summed E-state index contributed by atoms with van der Waals surface area (Å²) < 4.78 is 1.69. The van der Waals surface area contributed by atoms with Gasteiger partial charge in [0.15, 0.2) is 5.78 Å². The average molecular weight is 205 g/mol. The number of ketones is 1. The average Bonchev–Trinajstić information content (AvgIpc) is 2.45. The van der Waals surface area contributed by atoms with Crippen LogP contribution in [-0.4, -0.2) is 21.6 Å². The van der Waals surface area contributed by atoms with Crippen LogP contribution in [0.15, 0.2) is 6.07 Å². The van der Waals surface area contributed by atoms with Crippen LogP contribution < -0.4 is 5.73 Å². The summed E-state index contributed by atoms with van der Waals surface area (Å²) in [5.74, 6) is 2.34. The van der Waals surface area contributed by atoms with E-state index in [9.17, 15) is 4.79 Å². The maximum Gasteiger partial charge on any atom is 0.156 e. The molecular weight excluding hydrogens is 190 g/mol. The maximum atomic E-state index is 11.6. The first kappa shape index (κ1) is 11.5. The van der Waals surface area contributed by atoms with Crippen LogP contribution in [-0.2, 0) is 18.3 Å². The van der Waals surface area contributed by atoms with Crippen molar-refractivity contribution < 1.29 is 4.79 Å². The van der Waals surface area contributed by atoms with Gasteiger partial charge in [0.1, 0.15) is 0 Å². The zero-order chi connectivity index (χ0) is 11.4. The molecule has 1 heterocycles. The second-order valence-electron chi connectivity index (χ2n) is 3.56. The van der Waals surface area contributed by atoms with Crippen molar-refractivity contribution in [2.24, 2.45) is 12.8 Å². The number of aryl methyl sites for hydroxylation is 2. The number of nitrogens with two attached hydrogens (primary N) is 1. The monoisotopic (exact) mass is 205 g/mol. The fourth-order valence-electron chi connectivity index (χ4n) is 1.38. The van der Waals surface area contributed by atoms with Gasteiger partial charge in [-0.3, -0.25) is 9.48 Å². The number of hydrogen-bond donors (Lipinski definition) is 1. The van der Waals surface area contributed by atoms with Crippen molar-refractivity contribution in [2.75, 3.05) is 0 Å². The molecule has 0 radical (unpaired) electrons. The molecule has 0 saturated carbocycles. The molecule has 4 heteroatoms. The second-order valence-corrected chi connectivity index (χ2v) is 3.56. The van der Waals surface area contributed by atoms with E-state index >= 15 is 0 Å². The fraction of sp³-hybridized carbons (Fsp3) is 0.455. The summed E-state index contributed by atoms with van der Waals surface area (Å²) in [5.41, 5.74) is 7.37. The third-order valence-electron chi connectivity index (χ3n) is 2.21. The Morgan fingerprint density at radius 2 is 2.47 bits per heavy atom. The molecule has 4 nitrogen and oxygen atoms in total. The molecule has 2 N–H and O–H groups in total. The van der Waals surface area contributed by atoms with Crippen molar-refractivity contribution in [1.82, 2.24) is 9.78 Å². The zero-order valence-corrected chi connectivity index (χ0v) is 9.03. The summed E-state index contributed by atoms with van der Waals surface area (Å²) in [6.45, 7) is 1.88. The minimum Gasteiger partial charge on any atom is -0.321 e. The highest BCUT2D eigenvalue weighted by Gasteiger charge is 2.14. The molecule has 0 saturated heterocycles. The van der Waals surface area contributed by atoms with E-state index in [0.29, 0.717) is 6.42 Å². The minimum absolute atomic E-state index is 0.0454. The molecule has 1 aromatic rings. The van der Waals surface area contributed by atoms with E-state index in [1.807, 2.05) is 20.0 Å². The first-order valence-corrected chi connectivity index (χ1v) is 4.76. The maximum absolute atomic E-state index is 11.6. The molecule has 0 aliphatic carbocycles. The lowest BCUT2D eigenvalue weighted by Gasteiger charge is -2.06. The number of rotatable bonds is 4. The molecule has 0 spiro atoms. The highest BCUT2D eigenvalue weighted by molar-refractivity contribution is 5.85. The Kier molecular flexibility index (Phi) is 3.64. The zero-order valence-electron chi connectivity index (χ0n) is 9.03. The van der Waals surface area contributed by atoms with Gasteiger partial charge in [-0.2, -0.15) is 5.10 Å². The Morgan fingerprint density at radius 3 is 2.93 bits per heavy atom. The second kappa shape index (κ2) is 4.76. The highest BCUT2D eigenvalue weighted by Crippen LogP contribution is 2.04. The van der Waals surface area contributed by atoms with Crippen LogP contribution in [0.3, 0.4) is 0 Å². The lowest BCUT2D eigenvalue weighted by atomic mass is 10.1. The van der Waals surface area contributed by atoms with E-state index in [0.717, 1.165) is 11.4 Å². The molecule has 0 aromatic carbocycles. The van der Waals surface area contributed by atoms with E-state index in [4.69, 9.17) is 12.2 Å².